The van der Waals surface area contributed by atoms with Crippen molar-refractivity contribution < 1.29 is 15.0 Å². The predicted molar refractivity (Wildman–Crippen MR) is 131 cm³/mol. The van der Waals surface area contributed by atoms with E-state index in [0.29, 0.717) is 36.0 Å². The lowest BCUT2D eigenvalue weighted by atomic mass is 9.65. The van der Waals surface area contributed by atoms with Crippen LogP contribution in [0.15, 0.2) is 12.2 Å². The van der Waals surface area contributed by atoms with Crippen molar-refractivity contribution in [2.45, 2.75) is 102 Å². The molecular formula is C29H47NO3. The van der Waals surface area contributed by atoms with Gasteiger partial charge in [0, 0.05) is 12.0 Å². The zero-order valence-electron chi connectivity index (χ0n) is 20.5. The van der Waals surface area contributed by atoms with Gasteiger partial charge in [0.1, 0.15) is 6.29 Å². The topological polar surface area (TPSA) is 83.6 Å². The highest BCUT2D eigenvalue weighted by Crippen LogP contribution is 2.76. The van der Waals surface area contributed by atoms with Crippen molar-refractivity contribution in [1.29, 1.82) is 0 Å². The average molecular weight is 458 g/mol. The third-order valence-corrected chi connectivity index (χ3v) is 11.4. The van der Waals surface area contributed by atoms with E-state index in [1.165, 1.54) is 50.5 Å². The molecule has 4 nitrogen and oxygen atoms in total. The molecule has 0 spiro atoms. The third-order valence-electron chi connectivity index (χ3n) is 11.4. The van der Waals surface area contributed by atoms with Crippen LogP contribution in [-0.4, -0.2) is 35.3 Å². The van der Waals surface area contributed by atoms with Gasteiger partial charge in [0.25, 0.3) is 0 Å². The van der Waals surface area contributed by atoms with Gasteiger partial charge in [-0.3, -0.25) is 0 Å². The molecular weight excluding hydrogens is 410 g/mol. The van der Waals surface area contributed by atoms with Crippen molar-refractivity contribution in [3.05, 3.63) is 12.2 Å². The van der Waals surface area contributed by atoms with Crippen LogP contribution in [0.1, 0.15) is 89.9 Å². The first-order chi connectivity index (χ1) is 16.0. The Morgan fingerprint density at radius 1 is 1.03 bits per heavy atom. The van der Waals surface area contributed by atoms with E-state index in [4.69, 9.17) is 5.73 Å². The van der Waals surface area contributed by atoms with Crippen LogP contribution in [0, 0.1) is 52.8 Å². The summed E-state index contributed by atoms with van der Waals surface area (Å²) in [6.07, 6.45) is 17.3. The summed E-state index contributed by atoms with van der Waals surface area (Å²) in [5.41, 5.74) is 8.16. The minimum Gasteiger partial charge on any atom is -0.396 e. The molecule has 5 fully saturated rings. The van der Waals surface area contributed by atoms with Crippen molar-refractivity contribution in [3.8, 4) is 0 Å². The van der Waals surface area contributed by atoms with Gasteiger partial charge in [-0.1, -0.05) is 50.7 Å². The number of nitrogens with two attached hydrogens (primary N) is 1. The number of rotatable bonds is 7. The minimum atomic E-state index is -0.430. The Balaban J connectivity index is 1.40. The molecule has 0 bridgehead atoms. The molecule has 33 heavy (non-hydrogen) atoms. The second-order valence-electron chi connectivity index (χ2n) is 12.6. The monoisotopic (exact) mass is 457 g/mol. The molecule has 5 aliphatic rings. The first-order valence-electron chi connectivity index (χ1n) is 14.2. The van der Waals surface area contributed by atoms with Gasteiger partial charge in [-0.25, -0.2) is 0 Å². The number of aliphatic hydroxyl groups excluding tert-OH is 2. The van der Waals surface area contributed by atoms with E-state index in [0.717, 1.165) is 56.6 Å². The molecule has 0 aromatic rings. The fourth-order valence-electron chi connectivity index (χ4n) is 9.96. The molecule has 5 rings (SSSR count). The van der Waals surface area contributed by atoms with Crippen LogP contribution in [0.3, 0.4) is 0 Å². The molecule has 10 atom stereocenters. The maximum Gasteiger partial charge on any atom is 0.137 e. The Morgan fingerprint density at radius 3 is 2.55 bits per heavy atom. The third kappa shape index (κ3) is 4.06. The fourth-order valence-corrected chi connectivity index (χ4v) is 9.96. The molecule has 5 saturated carbocycles. The first-order valence-corrected chi connectivity index (χ1v) is 14.2. The van der Waals surface area contributed by atoms with E-state index < -0.39 is 6.10 Å². The lowest BCUT2D eigenvalue weighted by Crippen LogP contribution is -2.44. The molecule has 0 aromatic carbocycles. The van der Waals surface area contributed by atoms with Gasteiger partial charge in [-0.15, -0.1) is 0 Å². The molecule has 0 aromatic heterocycles. The Kier molecular flexibility index (Phi) is 7.09. The maximum absolute atomic E-state index is 12.2. The number of hydrogen-bond acceptors (Lipinski definition) is 4. The van der Waals surface area contributed by atoms with Crippen molar-refractivity contribution in [2.24, 2.45) is 58.5 Å². The van der Waals surface area contributed by atoms with Gasteiger partial charge in [0.2, 0.25) is 0 Å². The average Bonchev–Trinajstić information content (AvgIpc) is 3.36. The van der Waals surface area contributed by atoms with Crippen LogP contribution in [0.2, 0.25) is 0 Å². The largest absolute Gasteiger partial charge is 0.396 e. The second-order valence-corrected chi connectivity index (χ2v) is 12.6. The lowest BCUT2D eigenvalue weighted by molar-refractivity contribution is -0.111. The Bertz CT molecular complexity index is 718. The molecule has 4 N–H and O–H groups in total. The van der Waals surface area contributed by atoms with Crippen LogP contribution in [0.5, 0.6) is 0 Å². The summed E-state index contributed by atoms with van der Waals surface area (Å²) in [5, 5.41) is 20.0. The minimum absolute atomic E-state index is 0.0427. The summed E-state index contributed by atoms with van der Waals surface area (Å²) >= 11 is 0. The van der Waals surface area contributed by atoms with Gasteiger partial charge in [-0.2, -0.15) is 0 Å². The number of allylic oxidation sites excluding steroid dienone is 1. The second kappa shape index (κ2) is 9.74. The first kappa shape index (κ1) is 24.0. The molecule has 5 aliphatic carbocycles. The fraction of sp³-hybridized carbons (Fsp3) is 0.897. The number of aldehydes is 1. The van der Waals surface area contributed by atoms with Gasteiger partial charge in [-0.05, 0) is 98.7 Å². The number of carbonyl (C=O) groups is 1. The van der Waals surface area contributed by atoms with E-state index >= 15 is 0 Å². The van der Waals surface area contributed by atoms with E-state index in [-0.39, 0.29) is 24.0 Å². The number of hydrogen-bond donors (Lipinski definition) is 3. The Morgan fingerprint density at radius 2 is 1.82 bits per heavy atom. The number of aliphatic hydroxyl groups is 2. The van der Waals surface area contributed by atoms with Crippen LogP contribution >= 0.6 is 0 Å². The summed E-state index contributed by atoms with van der Waals surface area (Å²) in [6.45, 7) is 4.62. The predicted octanol–water partition coefficient (Wildman–Crippen LogP) is 4.87. The van der Waals surface area contributed by atoms with Crippen molar-refractivity contribution >= 4 is 6.29 Å². The summed E-state index contributed by atoms with van der Waals surface area (Å²) < 4.78 is 0. The highest BCUT2D eigenvalue weighted by Gasteiger charge is 2.73. The highest BCUT2D eigenvalue weighted by atomic mass is 16.3. The standard InChI is InChI=1S/C29H47NO3/c1-18-10-11-25-28(24-16-21(15-23(18)24)19-6-3-2-4-7-19)29(25,27(30)17-32)22-9-5-8-20(14-22)26(33)12-13-31/h17,19-28,31,33H,1-16,30H2/t20-,21+,22+,23-,24-,25-,26-,27+,28+,29-/m1/s1. The molecule has 0 radical (unpaired) electrons. The summed E-state index contributed by atoms with van der Waals surface area (Å²) in [5.74, 6) is 4.81. The molecule has 4 heteroatoms. The molecule has 0 amide bonds. The van der Waals surface area contributed by atoms with Crippen LogP contribution in [0.25, 0.3) is 0 Å². The summed E-state index contributed by atoms with van der Waals surface area (Å²) in [7, 11) is 0. The van der Waals surface area contributed by atoms with Crippen molar-refractivity contribution in [3.63, 3.8) is 0 Å². The molecule has 186 valence electrons. The van der Waals surface area contributed by atoms with Gasteiger partial charge >= 0.3 is 0 Å². The smallest absolute Gasteiger partial charge is 0.137 e. The molecule has 0 heterocycles. The normalized spacial score (nSPS) is 45.5. The maximum atomic E-state index is 12.2. The van der Waals surface area contributed by atoms with E-state index in [2.05, 4.69) is 6.58 Å². The highest BCUT2D eigenvalue weighted by molar-refractivity contribution is 5.61. The van der Waals surface area contributed by atoms with Gasteiger partial charge in [0.05, 0.1) is 12.1 Å². The molecule has 0 unspecified atom stereocenters. The lowest BCUT2D eigenvalue weighted by Gasteiger charge is -2.41. The van der Waals surface area contributed by atoms with Crippen molar-refractivity contribution in [2.75, 3.05) is 6.61 Å². The van der Waals surface area contributed by atoms with E-state index in [9.17, 15) is 15.0 Å². The van der Waals surface area contributed by atoms with Crippen LogP contribution in [0.4, 0.5) is 0 Å². The molecule has 0 aliphatic heterocycles. The molecule has 0 saturated heterocycles. The Labute approximate surface area is 200 Å². The zero-order chi connectivity index (χ0) is 23.2. The van der Waals surface area contributed by atoms with Crippen LogP contribution < -0.4 is 5.73 Å². The van der Waals surface area contributed by atoms with Gasteiger partial charge in [0.15, 0.2) is 0 Å². The number of fused-ring (bicyclic) bond motifs is 3. The summed E-state index contributed by atoms with van der Waals surface area (Å²) in [4.78, 5) is 12.2. The van der Waals surface area contributed by atoms with Gasteiger partial charge < -0.3 is 20.7 Å². The van der Waals surface area contributed by atoms with E-state index in [1.807, 2.05) is 0 Å². The Hall–Kier alpha value is -0.710. The van der Waals surface area contributed by atoms with E-state index in [1.54, 1.807) is 0 Å². The quantitative estimate of drug-likeness (QED) is 0.376. The SMILES string of the molecule is C=C1CC[C@@H]2[C@H]([C@@H]3C[C@@H](C4CCCCC4)C[C@H]13)[C@@]2([C@H]1CCC[C@@H]([C@H](O)CCO)C1)[C@@H](N)C=O. The number of carbonyl (C=O) groups excluding carboxylic acids is 1. The van der Waals surface area contributed by atoms with Crippen molar-refractivity contribution in [1.82, 2.24) is 0 Å². The zero-order valence-corrected chi connectivity index (χ0v) is 20.5. The van der Waals surface area contributed by atoms with Crippen LogP contribution in [-0.2, 0) is 4.79 Å². The summed E-state index contributed by atoms with van der Waals surface area (Å²) in [6, 6.07) is -0.382.